The monoisotopic (exact) mass is 431 g/mol. The predicted molar refractivity (Wildman–Crippen MR) is 119 cm³/mol. The van der Waals surface area contributed by atoms with Gasteiger partial charge in [0.2, 0.25) is 5.89 Å². The molecule has 156 valence electrons. The van der Waals surface area contributed by atoms with Crippen LogP contribution in [0, 0.1) is 6.92 Å². The molecular formula is C24H22ClN5O. The van der Waals surface area contributed by atoms with Gasteiger partial charge >= 0.3 is 0 Å². The Hall–Kier alpha value is -3.25. The maximum absolute atomic E-state index is 6.15. The van der Waals surface area contributed by atoms with Crippen molar-refractivity contribution in [2.75, 3.05) is 0 Å². The SMILES string of the molecule is Cc1nnc2n1-c1ccccc1C(c1ccc(Cl)cc1)=C[C@@H]2Cc1nc(C(C)C)no1. The number of halogens is 1. The molecule has 0 amide bonds. The van der Waals surface area contributed by atoms with Crippen LogP contribution >= 0.6 is 11.6 Å². The third kappa shape index (κ3) is 3.57. The topological polar surface area (TPSA) is 69.6 Å². The molecule has 0 unspecified atom stereocenters. The molecule has 0 saturated heterocycles. The van der Waals surface area contributed by atoms with Gasteiger partial charge in [0.25, 0.3) is 0 Å². The minimum atomic E-state index is -0.0836. The van der Waals surface area contributed by atoms with Crippen molar-refractivity contribution in [3.05, 3.63) is 94.1 Å². The van der Waals surface area contributed by atoms with Gasteiger partial charge in [-0.25, -0.2) is 0 Å². The molecule has 0 radical (unpaired) electrons. The Morgan fingerprint density at radius 1 is 1.06 bits per heavy atom. The highest BCUT2D eigenvalue weighted by atomic mass is 35.5. The smallest absolute Gasteiger partial charge is 0.227 e. The van der Waals surface area contributed by atoms with Crippen molar-refractivity contribution in [3.8, 4) is 5.69 Å². The van der Waals surface area contributed by atoms with E-state index in [9.17, 15) is 0 Å². The van der Waals surface area contributed by atoms with Gasteiger partial charge in [0.05, 0.1) is 5.69 Å². The van der Waals surface area contributed by atoms with E-state index in [-0.39, 0.29) is 11.8 Å². The fraction of sp³-hybridized carbons (Fsp3) is 0.250. The summed E-state index contributed by atoms with van der Waals surface area (Å²) in [5, 5.41) is 13.7. The highest BCUT2D eigenvalue weighted by Gasteiger charge is 2.28. The first-order chi connectivity index (χ1) is 15.0. The summed E-state index contributed by atoms with van der Waals surface area (Å²) in [7, 11) is 0. The highest BCUT2D eigenvalue weighted by Crippen LogP contribution is 2.38. The van der Waals surface area contributed by atoms with Crippen LogP contribution in [0.1, 0.15) is 60.2 Å². The molecule has 2 aromatic heterocycles. The molecule has 0 N–H and O–H groups in total. The van der Waals surface area contributed by atoms with Crippen LogP contribution in [0.2, 0.25) is 5.02 Å². The zero-order valence-electron chi connectivity index (χ0n) is 17.6. The molecule has 6 nitrogen and oxygen atoms in total. The molecule has 1 aliphatic rings. The molecule has 0 aliphatic carbocycles. The van der Waals surface area contributed by atoms with E-state index >= 15 is 0 Å². The molecular weight excluding hydrogens is 410 g/mol. The number of benzene rings is 2. The second kappa shape index (κ2) is 7.78. The number of aryl methyl sites for hydroxylation is 1. The summed E-state index contributed by atoms with van der Waals surface area (Å²) >= 11 is 6.15. The number of fused-ring (bicyclic) bond motifs is 3. The number of hydrogen-bond donors (Lipinski definition) is 0. The third-order valence-electron chi connectivity index (χ3n) is 5.53. The zero-order chi connectivity index (χ0) is 21.5. The normalized spacial score (nSPS) is 15.4. The Balaban J connectivity index is 1.68. The van der Waals surface area contributed by atoms with Crippen molar-refractivity contribution in [1.29, 1.82) is 0 Å². The summed E-state index contributed by atoms with van der Waals surface area (Å²) in [6, 6.07) is 16.2. The lowest BCUT2D eigenvalue weighted by molar-refractivity contribution is 0.366. The van der Waals surface area contributed by atoms with Gasteiger partial charge in [-0.1, -0.05) is 67.0 Å². The first-order valence-electron chi connectivity index (χ1n) is 10.3. The molecule has 7 heteroatoms. The van der Waals surface area contributed by atoms with E-state index in [0.717, 1.165) is 34.0 Å². The van der Waals surface area contributed by atoms with Gasteiger partial charge in [0, 0.05) is 28.8 Å². The average molecular weight is 432 g/mol. The van der Waals surface area contributed by atoms with Crippen molar-refractivity contribution < 1.29 is 4.52 Å². The van der Waals surface area contributed by atoms with E-state index in [0.29, 0.717) is 23.2 Å². The van der Waals surface area contributed by atoms with Crippen molar-refractivity contribution in [3.63, 3.8) is 0 Å². The van der Waals surface area contributed by atoms with Gasteiger partial charge in [-0.2, -0.15) is 4.98 Å². The Labute approximate surface area is 185 Å². The molecule has 0 bridgehead atoms. The maximum atomic E-state index is 6.15. The summed E-state index contributed by atoms with van der Waals surface area (Å²) in [6.45, 7) is 6.08. The van der Waals surface area contributed by atoms with E-state index < -0.39 is 0 Å². The molecule has 1 aliphatic heterocycles. The fourth-order valence-electron chi connectivity index (χ4n) is 3.98. The van der Waals surface area contributed by atoms with Crippen molar-refractivity contribution in [1.82, 2.24) is 24.9 Å². The number of aromatic nitrogens is 5. The second-order valence-electron chi connectivity index (χ2n) is 8.06. The molecule has 3 heterocycles. The van der Waals surface area contributed by atoms with E-state index in [2.05, 4.69) is 63.0 Å². The van der Waals surface area contributed by atoms with Crippen LogP contribution < -0.4 is 0 Å². The number of hydrogen-bond acceptors (Lipinski definition) is 5. The van der Waals surface area contributed by atoms with Gasteiger partial charge in [-0.3, -0.25) is 4.57 Å². The van der Waals surface area contributed by atoms with Crippen LogP contribution in [0.4, 0.5) is 0 Å². The predicted octanol–water partition coefficient (Wildman–Crippen LogP) is 5.51. The molecule has 0 spiro atoms. The molecule has 4 aromatic rings. The summed E-state index contributed by atoms with van der Waals surface area (Å²) in [5.41, 5.74) is 4.37. The number of para-hydroxylation sites is 1. The summed E-state index contributed by atoms with van der Waals surface area (Å²) in [4.78, 5) is 4.59. The minimum absolute atomic E-state index is 0.0836. The second-order valence-corrected chi connectivity index (χ2v) is 8.49. The third-order valence-corrected chi connectivity index (χ3v) is 5.79. The standard InChI is InChI=1S/C24H22ClN5O/c1-14(2)23-26-22(31-29-23)13-17-12-20(16-8-10-18(25)11-9-16)19-6-4-5-7-21(19)30-15(3)27-28-24(17)30/h4-12,14,17H,13H2,1-3H3/t17-/m1/s1. The lowest BCUT2D eigenvalue weighted by Crippen LogP contribution is -2.09. The maximum Gasteiger partial charge on any atom is 0.227 e. The van der Waals surface area contributed by atoms with Gasteiger partial charge in [-0.15, -0.1) is 10.2 Å². The molecule has 2 aromatic carbocycles. The van der Waals surface area contributed by atoms with Crippen molar-refractivity contribution in [2.24, 2.45) is 0 Å². The number of rotatable bonds is 4. The van der Waals surface area contributed by atoms with Crippen LogP contribution in [0.15, 0.2) is 59.1 Å². The summed E-state index contributed by atoms with van der Waals surface area (Å²) in [5.74, 6) is 3.14. The molecule has 31 heavy (non-hydrogen) atoms. The molecule has 5 rings (SSSR count). The Bertz CT molecular complexity index is 1270. The van der Waals surface area contributed by atoms with Crippen LogP contribution in [-0.4, -0.2) is 24.9 Å². The lowest BCUT2D eigenvalue weighted by atomic mass is 9.93. The van der Waals surface area contributed by atoms with Gasteiger partial charge in [0.15, 0.2) is 5.82 Å². The quantitative estimate of drug-likeness (QED) is 0.426. The summed E-state index contributed by atoms with van der Waals surface area (Å²) < 4.78 is 7.68. The van der Waals surface area contributed by atoms with Crippen LogP contribution in [-0.2, 0) is 6.42 Å². The lowest BCUT2D eigenvalue weighted by Gasteiger charge is -2.13. The first-order valence-corrected chi connectivity index (χ1v) is 10.7. The largest absolute Gasteiger partial charge is 0.339 e. The van der Waals surface area contributed by atoms with E-state index in [1.165, 1.54) is 0 Å². The number of allylic oxidation sites excluding steroid dienone is 1. The highest BCUT2D eigenvalue weighted by molar-refractivity contribution is 6.30. The van der Waals surface area contributed by atoms with Crippen LogP contribution in [0.3, 0.4) is 0 Å². The van der Waals surface area contributed by atoms with Gasteiger partial charge in [0.1, 0.15) is 11.6 Å². The minimum Gasteiger partial charge on any atom is -0.339 e. The van der Waals surface area contributed by atoms with E-state index in [1.54, 1.807) is 0 Å². The van der Waals surface area contributed by atoms with Crippen molar-refractivity contribution >= 4 is 17.2 Å². The fourth-order valence-corrected chi connectivity index (χ4v) is 4.11. The van der Waals surface area contributed by atoms with E-state index in [4.69, 9.17) is 16.1 Å². The summed E-state index contributed by atoms with van der Waals surface area (Å²) in [6.07, 6.45) is 2.78. The zero-order valence-corrected chi connectivity index (χ0v) is 18.3. The van der Waals surface area contributed by atoms with Gasteiger partial charge in [-0.05, 0) is 36.3 Å². The average Bonchev–Trinajstić information content (AvgIpc) is 3.35. The Morgan fingerprint density at radius 2 is 1.84 bits per heavy atom. The first kappa shape index (κ1) is 19.7. The molecule has 0 saturated carbocycles. The van der Waals surface area contributed by atoms with Gasteiger partial charge < -0.3 is 4.52 Å². The Kier molecular flexibility index (Phi) is 4.94. The molecule has 1 atom stereocenters. The van der Waals surface area contributed by atoms with E-state index in [1.807, 2.05) is 37.3 Å². The van der Waals surface area contributed by atoms with Crippen LogP contribution in [0.5, 0.6) is 0 Å². The molecule has 0 fully saturated rings. The van der Waals surface area contributed by atoms with Crippen molar-refractivity contribution in [2.45, 2.75) is 39.0 Å². The number of nitrogens with zero attached hydrogens (tertiary/aromatic N) is 5. The Morgan fingerprint density at radius 3 is 2.58 bits per heavy atom. The van der Waals surface area contributed by atoms with Crippen LogP contribution in [0.25, 0.3) is 11.3 Å².